The molecule has 1 fully saturated rings. The molecule has 0 bridgehead atoms. The van der Waals surface area contributed by atoms with Crippen molar-refractivity contribution in [1.82, 2.24) is 10.2 Å². The van der Waals surface area contributed by atoms with Crippen molar-refractivity contribution < 1.29 is 14.3 Å². The van der Waals surface area contributed by atoms with Crippen LogP contribution in [-0.2, 0) is 16.1 Å². The number of benzene rings is 2. The van der Waals surface area contributed by atoms with Crippen LogP contribution in [0.2, 0.25) is 0 Å². The van der Waals surface area contributed by atoms with Crippen LogP contribution in [0.3, 0.4) is 0 Å². The minimum atomic E-state index is -0.429. The average Bonchev–Trinajstić information content (AvgIpc) is 2.79. The first-order valence-electron chi connectivity index (χ1n) is 12.5. The molecule has 2 aromatic carbocycles. The molecule has 0 saturated carbocycles. The van der Waals surface area contributed by atoms with Gasteiger partial charge in [0.25, 0.3) is 0 Å². The molecule has 6 heteroatoms. The first-order chi connectivity index (χ1) is 16.3. The van der Waals surface area contributed by atoms with Gasteiger partial charge in [-0.2, -0.15) is 0 Å². The molecule has 0 radical (unpaired) electrons. The Morgan fingerprint density at radius 1 is 1.03 bits per heavy atom. The molecule has 0 unspecified atom stereocenters. The lowest BCUT2D eigenvalue weighted by molar-refractivity contribution is -0.117. The molecule has 4 rings (SSSR count). The Hall–Kier alpha value is -2.86. The number of carbonyl (C=O) groups is 2. The Morgan fingerprint density at radius 3 is 2.35 bits per heavy atom. The fourth-order valence-electron chi connectivity index (χ4n) is 5.23. The van der Waals surface area contributed by atoms with Gasteiger partial charge in [-0.25, -0.2) is 4.79 Å². The van der Waals surface area contributed by atoms with E-state index in [4.69, 9.17) is 4.74 Å². The number of ether oxygens (including phenoxy) is 1. The molecule has 2 aliphatic heterocycles. The fourth-order valence-corrected chi connectivity index (χ4v) is 5.23. The third-order valence-corrected chi connectivity index (χ3v) is 6.80. The van der Waals surface area contributed by atoms with E-state index < -0.39 is 6.09 Å². The summed E-state index contributed by atoms with van der Waals surface area (Å²) in [5.74, 6) is 0.00627. The minimum absolute atomic E-state index is 0.00627. The summed E-state index contributed by atoms with van der Waals surface area (Å²) in [7, 11) is 0. The molecule has 1 saturated heterocycles. The van der Waals surface area contributed by atoms with Gasteiger partial charge in [-0.1, -0.05) is 36.8 Å². The van der Waals surface area contributed by atoms with Gasteiger partial charge >= 0.3 is 6.09 Å². The summed E-state index contributed by atoms with van der Waals surface area (Å²) < 4.78 is 5.33. The molecule has 2 atom stereocenters. The van der Waals surface area contributed by atoms with Crippen LogP contribution >= 0.6 is 0 Å². The normalized spacial score (nSPS) is 20.7. The predicted octanol–water partition coefficient (Wildman–Crippen LogP) is 5.66. The van der Waals surface area contributed by atoms with Crippen molar-refractivity contribution in [1.29, 1.82) is 0 Å². The summed E-state index contributed by atoms with van der Waals surface area (Å²) in [5, 5.41) is 3.02. The highest BCUT2D eigenvalue weighted by atomic mass is 16.6. The third-order valence-electron chi connectivity index (χ3n) is 6.80. The Labute approximate surface area is 203 Å². The zero-order chi connectivity index (χ0) is 24.2. The second-order valence-electron chi connectivity index (χ2n) is 9.93. The summed E-state index contributed by atoms with van der Waals surface area (Å²) in [4.78, 5) is 29.2. The maximum absolute atomic E-state index is 12.4. The van der Waals surface area contributed by atoms with Crippen molar-refractivity contribution in [3.05, 3.63) is 53.6 Å². The number of hydrogen-bond acceptors (Lipinski definition) is 4. The van der Waals surface area contributed by atoms with E-state index in [0.29, 0.717) is 6.42 Å². The van der Waals surface area contributed by atoms with Gasteiger partial charge in [0, 0.05) is 25.2 Å². The molecule has 1 N–H and O–H groups in total. The van der Waals surface area contributed by atoms with E-state index in [1.165, 1.54) is 37.9 Å². The number of amides is 2. The van der Waals surface area contributed by atoms with E-state index >= 15 is 0 Å². The number of likely N-dealkylation sites (tertiary alicyclic amines) is 1. The zero-order valence-corrected chi connectivity index (χ0v) is 20.8. The van der Waals surface area contributed by atoms with Crippen LogP contribution in [-0.4, -0.2) is 42.1 Å². The number of fused-ring (bicyclic) bond motifs is 1. The van der Waals surface area contributed by atoms with Crippen LogP contribution in [0.15, 0.2) is 42.5 Å². The second kappa shape index (κ2) is 10.6. The smallest absolute Gasteiger partial charge is 0.407 e. The average molecular weight is 464 g/mol. The summed E-state index contributed by atoms with van der Waals surface area (Å²) in [5.41, 5.74) is 5.33. The minimum Gasteiger partial charge on any atom is -0.447 e. The monoisotopic (exact) mass is 463 g/mol. The highest BCUT2D eigenvalue weighted by Crippen LogP contribution is 2.39. The van der Waals surface area contributed by atoms with Gasteiger partial charge in [-0.15, -0.1) is 0 Å². The van der Waals surface area contributed by atoms with Gasteiger partial charge in [0.05, 0.1) is 12.1 Å². The van der Waals surface area contributed by atoms with Crippen molar-refractivity contribution in [2.45, 2.75) is 78.1 Å². The van der Waals surface area contributed by atoms with Gasteiger partial charge in [0.2, 0.25) is 5.91 Å². The molecule has 0 aliphatic carbocycles. The van der Waals surface area contributed by atoms with Crippen LogP contribution in [0.1, 0.15) is 70.5 Å². The largest absolute Gasteiger partial charge is 0.447 e. The van der Waals surface area contributed by atoms with Crippen LogP contribution in [0, 0.1) is 0 Å². The van der Waals surface area contributed by atoms with Gasteiger partial charge in [0.1, 0.15) is 0 Å². The van der Waals surface area contributed by atoms with E-state index in [0.717, 1.165) is 28.9 Å². The quantitative estimate of drug-likeness (QED) is 0.621. The standard InChI is InChI=1S/C28H37N3O3/c1-19(2)34-28(33)29-26-16-20(3)31(21(4)32)27-13-12-24(17-25(26)27)23-10-8-22(9-11-23)18-30-14-6-5-7-15-30/h8-13,17,19-20,26H,5-7,14-16,18H2,1-4H3,(H,29,33)/t20-,26+/m0/s1. The number of anilines is 1. The number of nitrogens with one attached hydrogen (secondary N) is 1. The Bertz CT molecular complexity index is 1010. The Kier molecular flexibility index (Phi) is 7.57. The van der Waals surface area contributed by atoms with E-state index in [1.807, 2.05) is 31.7 Å². The zero-order valence-electron chi connectivity index (χ0n) is 20.8. The number of rotatable bonds is 5. The van der Waals surface area contributed by atoms with Gasteiger partial charge in [-0.05, 0) is 87.5 Å². The number of carbonyl (C=O) groups excluding carboxylic acids is 2. The molecule has 6 nitrogen and oxygen atoms in total. The van der Waals surface area contributed by atoms with E-state index in [2.05, 4.69) is 46.6 Å². The molecular weight excluding hydrogens is 426 g/mol. The van der Waals surface area contributed by atoms with Crippen molar-refractivity contribution in [3.8, 4) is 11.1 Å². The van der Waals surface area contributed by atoms with E-state index in [9.17, 15) is 9.59 Å². The highest BCUT2D eigenvalue weighted by Gasteiger charge is 2.33. The molecule has 2 aliphatic rings. The number of piperidine rings is 1. The lowest BCUT2D eigenvalue weighted by Crippen LogP contribution is -2.45. The maximum Gasteiger partial charge on any atom is 0.407 e. The van der Waals surface area contributed by atoms with Crippen molar-refractivity contribution in [2.75, 3.05) is 18.0 Å². The van der Waals surface area contributed by atoms with Gasteiger partial charge < -0.3 is 15.0 Å². The molecule has 182 valence electrons. The Balaban J connectivity index is 1.59. The summed E-state index contributed by atoms with van der Waals surface area (Å²) >= 11 is 0. The number of nitrogens with zero attached hydrogens (tertiary/aromatic N) is 2. The van der Waals surface area contributed by atoms with Crippen LogP contribution in [0.25, 0.3) is 11.1 Å². The summed E-state index contributed by atoms with van der Waals surface area (Å²) in [6.45, 7) is 10.7. The van der Waals surface area contributed by atoms with Crippen molar-refractivity contribution in [2.24, 2.45) is 0 Å². The first kappa shape index (κ1) is 24.3. The fraction of sp³-hybridized carbons (Fsp3) is 0.500. The number of hydrogen-bond donors (Lipinski definition) is 1. The van der Waals surface area contributed by atoms with Crippen molar-refractivity contribution >= 4 is 17.7 Å². The summed E-state index contributed by atoms with van der Waals surface area (Å²) in [6.07, 6.45) is 3.95. The molecule has 34 heavy (non-hydrogen) atoms. The van der Waals surface area contributed by atoms with Gasteiger partial charge in [-0.3, -0.25) is 9.69 Å². The lowest BCUT2D eigenvalue weighted by Gasteiger charge is -2.39. The molecular formula is C28H37N3O3. The van der Waals surface area contributed by atoms with Crippen LogP contribution in [0.4, 0.5) is 10.5 Å². The third kappa shape index (κ3) is 5.61. The highest BCUT2D eigenvalue weighted by molar-refractivity contribution is 5.94. The molecule has 2 aromatic rings. The maximum atomic E-state index is 12.4. The summed E-state index contributed by atoms with van der Waals surface area (Å²) in [6, 6.07) is 14.7. The van der Waals surface area contributed by atoms with Gasteiger partial charge in [0.15, 0.2) is 0 Å². The predicted molar refractivity (Wildman–Crippen MR) is 136 cm³/mol. The first-order valence-corrected chi connectivity index (χ1v) is 12.5. The molecule has 2 amide bonds. The Morgan fingerprint density at radius 2 is 1.71 bits per heavy atom. The van der Waals surface area contributed by atoms with Crippen LogP contribution < -0.4 is 10.2 Å². The number of alkyl carbamates (subject to hydrolysis) is 1. The molecule has 2 heterocycles. The lowest BCUT2D eigenvalue weighted by atomic mass is 9.89. The van der Waals surface area contributed by atoms with E-state index in [1.54, 1.807) is 6.92 Å². The van der Waals surface area contributed by atoms with Crippen molar-refractivity contribution in [3.63, 3.8) is 0 Å². The molecule has 0 aromatic heterocycles. The SMILES string of the molecule is CC(=O)N1c2ccc(-c3ccc(CN4CCCCC4)cc3)cc2[C@H](NC(=O)OC(C)C)C[C@@H]1C. The molecule has 0 spiro atoms. The topological polar surface area (TPSA) is 61.9 Å². The second-order valence-corrected chi connectivity index (χ2v) is 9.93. The van der Waals surface area contributed by atoms with Crippen LogP contribution in [0.5, 0.6) is 0 Å². The van der Waals surface area contributed by atoms with E-state index in [-0.39, 0.29) is 24.1 Å².